The molecule has 120 valence electrons. The Morgan fingerprint density at radius 2 is 1.68 bits per heavy atom. The van der Waals surface area contributed by atoms with Crippen molar-refractivity contribution in [2.24, 2.45) is 0 Å². The first-order chi connectivity index (χ1) is 9.96. The van der Waals surface area contributed by atoms with E-state index in [-0.39, 0.29) is 5.56 Å². The Labute approximate surface area is 146 Å². The molecule has 0 bridgehead atoms. The number of benzene rings is 1. The maximum Gasteiger partial charge on any atom is 0.525 e. The van der Waals surface area contributed by atoms with Gasteiger partial charge < -0.3 is 9.31 Å². The third kappa shape index (κ3) is 3.18. The van der Waals surface area contributed by atoms with Gasteiger partial charge in [0.2, 0.25) is 0 Å². The van der Waals surface area contributed by atoms with E-state index in [1.807, 2.05) is 27.7 Å². The molecule has 0 spiro atoms. The molecule has 2 rings (SSSR count). The fourth-order valence-electron chi connectivity index (χ4n) is 2.04. The van der Waals surface area contributed by atoms with E-state index in [9.17, 15) is 8.78 Å². The molecule has 0 atom stereocenters. The molecule has 1 heterocycles. The van der Waals surface area contributed by atoms with E-state index in [1.165, 1.54) is 0 Å². The lowest BCUT2D eigenvalue weighted by molar-refractivity contribution is 0.00578. The van der Waals surface area contributed by atoms with Crippen LogP contribution in [0.5, 0.6) is 0 Å². The van der Waals surface area contributed by atoms with E-state index in [2.05, 4.69) is 31.9 Å². The molecule has 0 unspecified atom stereocenters. The fraction of sp³-hybridized carbons (Fsp3) is 0.467. The van der Waals surface area contributed by atoms with Crippen LogP contribution in [0.1, 0.15) is 38.8 Å². The van der Waals surface area contributed by atoms with Crippen LogP contribution < -0.4 is 0 Å². The monoisotopic (exact) mass is 436 g/mol. The molecule has 7 heteroatoms. The third-order valence-corrected chi connectivity index (χ3v) is 6.14. The second kappa shape index (κ2) is 6.00. The van der Waals surface area contributed by atoms with Gasteiger partial charge in [0.05, 0.1) is 11.2 Å². The SMILES string of the molecule is Cc1cc(Br)c(Br)c(C=C(F)B2OC(C)(C)C(C)(C)O2)c1F. The summed E-state index contributed by atoms with van der Waals surface area (Å²) in [4.78, 5) is 0. The largest absolute Gasteiger partial charge is 0.525 e. The van der Waals surface area contributed by atoms with Crippen LogP contribution in [-0.2, 0) is 9.31 Å². The summed E-state index contributed by atoms with van der Waals surface area (Å²) in [6.45, 7) is 8.96. The second-order valence-electron chi connectivity index (χ2n) is 6.33. The van der Waals surface area contributed by atoms with Crippen LogP contribution in [-0.4, -0.2) is 18.3 Å². The first-order valence-electron chi connectivity index (χ1n) is 6.83. The first-order valence-corrected chi connectivity index (χ1v) is 8.41. The number of hydrogen-bond acceptors (Lipinski definition) is 2. The van der Waals surface area contributed by atoms with Gasteiger partial charge in [-0.3, -0.25) is 0 Å². The molecular weight excluding hydrogens is 421 g/mol. The van der Waals surface area contributed by atoms with E-state index >= 15 is 0 Å². The van der Waals surface area contributed by atoms with E-state index < -0.39 is 29.9 Å². The van der Waals surface area contributed by atoms with Crippen molar-refractivity contribution in [3.05, 3.63) is 37.7 Å². The summed E-state index contributed by atoms with van der Waals surface area (Å²) >= 11 is 6.58. The number of rotatable bonds is 2. The summed E-state index contributed by atoms with van der Waals surface area (Å²) in [5.74, 6) is -0.484. The van der Waals surface area contributed by atoms with Gasteiger partial charge in [0.25, 0.3) is 0 Å². The summed E-state index contributed by atoms with van der Waals surface area (Å²) in [5, 5.41) is 0. The van der Waals surface area contributed by atoms with Gasteiger partial charge in [-0.05, 0) is 84.2 Å². The quantitative estimate of drug-likeness (QED) is 0.443. The van der Waals surface area contributed by atoms with Gasteiger partial charge in [-0.2, -0.15) is 0 Å². The van der Waals surface area contributed by atoms with E-state index in [0.29, 0.717) is 14.5 Å². The molecule has 0 amide bonds. The van der Waals surface area contributed by atoms with Gasteiger partial charge in [0.1, 0.15) is 11.5 Å². The van der Waals surface area contributed by atoms with Crippen molar-refractivity contribution in [3.8, 4) is 0 Å². The zero-order valence-corrected chi connectivity index (χ0v) is 16.2. The van der Waals surface area contributed by atoms with Crippen molar-refractivity contribution in [2.45, 2.75) is 45.8 Å². The lowest BCUT2D eigenvalue weighted by Crippen LogP contribution is -2.41. The average Bonchev–Trinajstić information content (AvgIpc) is 2.61. The minimum absolute atomic E-state index is 0.124. The zero-order valence-electron chi connectivity index (χ0n) is 13.1. The third-order valence-electron chi connectivity index (χ3n) is 4.13. The molecule has 0 radical (unpaired) electrons. The van der Waals surface area contributed by atoms with Gasteiger partial charge in [-0.15, -0.1) is 0 Å². The van der Waals surface area contributed by atoms with Crippen molar-refractivity contribution < 1.29 is 18.1 Å². The molecule has 0 aromatic heterocycles. The van der Waals surface area contributed by atoms with E-state index in [0.717, 1.165) is 6.08 Å². The molecule has 1 aromatic rings. The van der Waals surface area contributed by atoms with Crippen LogP contribution in [0.15, 0.2) is 20.7 Å². The summed E-state index contributed by atoms with van der Waals surface area (Å²) in [6, 6.07) is 1.63. The predicted molar refractivity (Wildman–Crippen MR) is 91.7 cm³/mol. The number of hydrogen-bond donors (Lipinski definition) is 0. The first kappa shape index (κ1) is 18.1. The molecule has 1 aliphatic heterocycles. The molecule has 2 nitrogen and oxygen atoms in total. The highest BCUT2D eigenvalue weighted by atomic mass is 79.9. The summed E-state index contributed by atoms with van der Waals surface area (Å²) in [5.41, 5.74) is -1.42. The normalized spacial score (nSPS) is 20.6. The molecule has 22 heavy (non-hydrogen) atoms. The van der Waals surface area contributed by atoms with Crippen molar-refractivity contribution in [1.82, 2.24) is 0 Å². The van der Waals surface area contributed by atoms with Crippen LogP contribution in [0, 0.1) is 12.7 Å². The predicted octanol–water partition coefficient (Wildman–Crippen LogP) is 5.60. The Balaban J connectivity index is 2.40. The van der Waals surface area contributed by atoms with Crippen LogP contribution in [0.4, 0.5) is 8.78 Å². The highest BCUT2D eigenvalue weighted by Gasteiger charge is 2.53. The van der Waals surface area contributed by atoms with Gasteiger partial charge in [-0.1, -0.05) is 0 Å². The van der Waals surface area contributed by atoms with Crippen LogP contribution >= 0.6 is 31.9 Å². The second-order valence-corrected chi connectivity index (χ2v) is 7.98. The molecule has 0 N–H and O–H groups in total. The van der Waals surface area contributed by atoms with Crippen molar-refractivity contribution in [3.63, 3.8) is 0 Å². The standard InChI is InChI=1S/C15H17BBr2F2O2/c1-8-6-10(17)12(18)9(13(8)20)7-11(19)16-21-14(2,3)15(4,5)22-16/h6-7H,1-5H3. The van der Waals surface area contributed by atoms with Crippen LogP contribution in [0.2, 0.25) is 0 Å². The molecule has 1 fully saturated rings. The minimum atomic E-state index is -1.14. The fourth-order valence-corrected chi connectivity index (χ4v) is 3.00. The number of halogens is 4. The molecule has 1 saturated heterocycles. The highest BCUT2D eigenvalue weighted by molar-refractivity contribution is 9.13. The number of aryl methyl sites for hydroxylation is 1. The maximum absolute atomic E-state index is 14.5. The van der Waals surface area contributed by atoms with Gasteiger partial charge in [0.15, 0.2) is 0 Å². The minimum Gasteiger partial charge on any atom is -0.398 e. The van der Waals surface area contributed by atoms with Crippen molar-refractivity contribution in [2.75, 3.05) is 0 Å². The van der Waals surface area contributed by atoms with Crippen molar-refractivity contribution >= 4 is 45.1 Å². The smallest absolute Gasteiger partial charge is 0.398 e. The summed E-state index contributed by atoms with van der Waals surface area (Å²) in [7, 11) is -1.14. The molecule has 0 saturated carbocycles. The van der Waals surface area contributed by atoms with E-state index in [1.54, 1.807) is 13.0 Å². The maximum atomic E-state index is 14.5. The molecular formula is C15H17BBr2F2O2. The van der Waals surface area contributed by atoms with Gasteiger partial charge in [0, 0.05) is 14.5 Å². The average molecular weight is 438 g/mol. The topological polar surface area (TPSA) is 18.5 Å². The Morgan fingerprint density at radius 3 is 2.18 bits per heavy atom. The highest BCUT2D eigenvalue weighted by Crippen LogP contribution is 2.40. The lowest BCUT2D eigenvalue weighted by Gasteiger charge is -2.32. The summed E-state index contributed by atoms with van der Waals surface area (Å²) < 4.78 is 41.1. The Bertz CT molecular complexity index is 603. The zero-order chi connectivity index (χ0) is 16.9. The Hall–Kier alpha value is -0.235. The Morgan fingerprint density at radius 1 is 1.18 bits per heavy atom. The van der Waals surface area contributed by atoms with E-state index in [4.69, 9.17) is 9.31 Å². The lowest BCUT2D eigenvalue weighted by atomic mass is 9.86. The van der Waals surface area contributed by atoms with Gasteiger partial charge >= 0.3 is 7.12 Å². The molecule has 0 aliphatic carbocycles. The summed E-state index contributed by atoms with van der Waals surface area (Å²) in [6.07, 6.45) is 1.11. The molecule has 1 aliphatic rings. The van der Waals surface area contributed by atoms with Crippen LogP contribution in [0.3, 0.4) is 0 Å². The molecule has 1 aromatic carbocycles. The Kier molecular flexibility index (Phi) is 4.94. The van der Waals surface area contributed by atoms with Gasteiger partial charge in [-0.25, -0.2) is 8.78 Å². The van der Waals surface area contributed by atoms with Crippen molar-refractivity contribution in [1.29, 1.82) is 0 Å². The van der Waals surface area contributed by atoms with Crippen LogP contribution in [0.25, 0.3) is 6.08 Å².